The summed E-state index contributed by atoms with van der Waals surface area (Å²) in [5.41, 5.74) is 0.440. The zero-order valence-corrected chi connectivity index (χ0v) is 9.68. The highest BCUT2D eigenvalue weighted by Gasteiger charge is 2.44. The molecule has 4 nitrogen and oxygen atoms in total. The normalized spacial score (nSPS) is 29.0. The van der Waals surface area contributed by atoms with E-state index >= 15 is 0 Å². The molecule has 2 rings (SSSR count). The molecule has 0 aromatic rings. The Kier molecular flexibility index (Phi) is 2.36. The van der Waals surface area contributed by atoms with Crippen LogP contribution in [0.4, 0.5) is 0 Å². The van der Waals surface area contributed by atoms with Gasteiger partial charge < -0.3 is 4.90 Å². The van der Waals surface area contributed by atoms with Crippen molar-refractivity contribution in [2.24, 2.45) is 5.41 Å². The van der Waals surface area contributed by atoms with Gasteiger partial charge in [0.2, 0.25) is 10.0 Å². The lowest BCUT2D eigenvalue weighted by Gasteiger charge is -2.52. The molecule has 0 bridgehead atoms. The maximum atomic E-state index is 11.3. The van der Waals surface area contributed by atoms with Crippen molar-refractivity contribution >= 4 is 10.0 Å². The van der Waals surface area contributed by atoms with E-state index in [2.05, 4.69) is 11.9 Å². The Morgan fingerprint density at radius 1 is 1.14 bits per heavy atom. The maximum absolute atomic E-state index is 11.3. The van der Waals surface area contributed by atoms with Crippen LogP contribution in [-0.4, -0.2) is 57.1 Å². The molecule has 5 heteroatoms. The van der Waals surface area contributed by atoms with Crippen LogP contribution >= 0.6 is 0 Å². The molecule has 0 saturated carbocycles. The first-order valence-corrected chi connectivity index (χ1v) is 6.90. The second kappa shape index (κ2) is 3.18. The van der Waals surface area contributed by atoms with Crippen molar-refractivity contribution in [1.29, 1.82) is 0 Å². The van der Waals surface area contributed by atoms with Crippen molar-refractivity contribution < 1.29 is 8.42 Å². The van der Waals surface area contributed by atoms with E-state index in [0.717, 1.165) is 25.9 Å². The summed E-state index contributed by atoms with van der Waals surface area (Å²) in [6.07, 6.45) is 3.37. The van der Waals surface area contributed by atoms with E-state index in [1.807, 2.05) is 0 Å². The molecule has 2 heterocycles. The van der Waals surface area contributed by atoms with E-state index in [9.17, 15) is 8.42 Å². The molecule has 0 aromatic heterocycles. The first-order chi connectivity index (χ1) is 6.41. The Labute approximate surface area is 85.9 Å². The molecule has 0 aliphatic carbocycles. The molecule has 0 radical (unpaired) electrons. The van der Waals surface area contributed by atoms with Gasteiger partial charge in [0.15, 0.2) is 0 Å². The van der Waals surface area contributed by atoms with E-state index in [0.29, 0.717) is 18.5 Å². The lowest BCUT2D eigenvalue weighted by Crippen LogP contribution is -2.59. The average Bonchev–Trinajstić information content (AvgIpc) is 2.01. The van der Waals surface area contributed by atoms with Crippen LogP contribution in [0.15, 0.2) is 0 Å². The standard InChI is InChI=1S/C9H18N2O2S/c1-10-7-9(8-10)3-5-11(6-4-9)14(2,12)13/h3-8H2,1-2H3. The Morgan fingerprint density at radius 2 is 1.64 bits per heavy atom. The molecule has 82 valence electrons. The van der Waals surface area contributed by atoms with Crippen LogP contribution in [0.1, 0.15) is 12.8 Å². The summed E-state index contributed by atoms with van der Waals surface area (Å²) >= 11 is 0. The average molecular weight is 218 g/mol. The molecule has 0 atom stereocenters. The summed E-state index contributed by atoms with van der Waals surface area (Å²) in [7, 11) is -0.835. The van der Waals surface area contributed by atoms with E-state index < -0.39 is 10.0 Å². The molecule has 1 spiro atoms. The summed E-state index contributed by atoms with van der Waals surface area (Å²) in [5, 5.41) is 0. The van der Waals surface area contributed by atoms with Gasteiger partial charge in [0.1, 0.15) is 0 Å². The van der Waals surface area contributed by atoms with E-state index in [4.69, 9.17) is 0 Å². The van der Waals surface area contributed by atoms with Crippen LogP contribution in [0.5, 0.6) is 0 Å². The quantitative estimate of drug-likeness (QED) is 0.621. The van der Waals surface area contributed by atoms with Gasteiger partial charge in [-0.25, -0.2) is 12.7 Å². The zero-order valence-electron chi connectivity index (χ0n) is 8.86. The number of sulfonamides is 1. The van der Waals surface area contributed by atoms with Gasteiger partial charge in [0.05, 0.1) is 6.26 Å². The van der Waals surface area contributed by atoms with Crippen LogP contribution < -0.4 is 0 Å². The number of piperidine rings is 1. The number of hydrogen-bond donors (Lipinski definition) is 0. The van der Waals surface area contributed by atoms with Gasteiger partial charge >= 0.3 is 0 Å². The van der Waals surface area contributed by atoms with Gasteiger partial charge in [-0.15, -0.1) is 0 Å². The van der Waals surface area contributed by atoms with Crippen LogP contribution in [0, 0.1) is 5.41 Å². The minimum atomic E-state index is -2.95. The highest BCUT2D eigenvalue weighted by atomic mass is 32.2. The van der Waals surface area contributed by atoms with Gasteiger partial charge in [0.25, 0.3) is 0 Å². The third kappa shape index (κ3) is 1.81. The predicted octanol–water partition coefficient (Wildman–Crippen LogP) is -0.0264. The monoisotopic (exact) mass is 218 g/mol. The Hall–Kier alpha value is -0.130. The lowest BCUT2D eigenvalue weighted by atomic mass is 9.73. The Morgan fingerprint density at radius 3 is 2.00 bits per heavy atom. The van der Waals surface area contributed by atoms with Gasteiger partial charge in [-0.1, -0.05) is 0 Å². The molecular formula is C9H18N2O2S. The highest BCUT2D eigenvalue weighted by molar-refractivity contribution is 7.88. The molecule has 2 fully saturated rings. The van der Waals surface area contributed by atoms with E-state index in [1.54, 1.807) is 4.31 Å². The van der Waals surface area contributed by atoms with Crippen molar-refractivity contribution in [1.82, 2.24) is 9.21 Å². The van der Waals surface area contributed by atoms with Crippen molar-refractivity contribution in [3.63, 3.8) is 0 Å². The fourth-order valence-corrected chi connectivity index (χ4v) is 3.55. The van der Waals surface area contributed by atoms with Crippen molar-refractivity contribution in [2.75, 3.05) is 39.5 Å². The van der Waals surface area contributed by atoms with Crippen LogP contribution in [0.25, 0.3) is 0 Å². The lowest BCUT2D eigenvalue weighted by molar-refractivity contribution is -0.0170. The minimum absolute atomic E-state index is 0.440. The first kappa shape index (κ1) is 10.4. The van der Waals surface area contributed by atoms with Gasteiger partial charge in [-0.3, -0.25) is 0 Å². The predicted molar refractivity (Wildman–Crippen MR) is 55.6 cm³/mol. The van der Waals surface area contributed by atoms with Crippen molar-refractivity contribution in [3.05, 3.63) is 0 Å². The molecule has 0 unspecified atom stereocenters. The third-order valence-corrected chi connectivity index (χ3v) is 4.77. The molecule has 0 N–H and O–H groups in total. The zero-order chi connectivity index (χ0) is 10.4. The molecule has 2 saturated heterocycles. The number of rotatable bonds is 1. The second-order valence-corrected chi connectivity index (χ2v) is 6.82. The van der Waals surface area contributed by atoms with Crippen LogP contribution in [0.3, 0.4) is 0 Å². The fourth-order valence-electron chi connectivity index (χ4n) is 2.71. The minimum Gasteiger partial charge on any atom is -0.305 e. The SMILES string of the molecule is CN1CC2(CCN(S(C)(=O)=O)CC2)C1. The molecule has 0 amide bonds. The first-order valence-electron chi connectivity index (χ1n) is 5.05. The van der Waals surface area contributed by atoms with Crippen molar-refractivity contribution in [3.8, 4) is 0 Å². The largest absolute Gasteiger partial charge is 0.305 e. The highest BCUT2D eigenvalue weighted by Crippen LogP contribution is 2.39. The topological polar surface area (TPSA) is 40.6 Å². The molecule has 2 aliphatic heterocycles. The molecular weight excluding hydrogens is 200 g/mol. The summed E-state index contributed by atoms with van der Waals surface area (Å²) in [6.45, 7) is 3.72. The van der Waals surface area contributed by atoms with Crippen molar-refractivity contribution in [2.45, 2.75) is 12.8 Å². The van der Waals surface area contributed by atoms with Gasteiger partial charge in [-0.2, -0.15) is 0 Å². The van der Waals surface area contributed by atoms with E-state index in [-0.39, 0.29) is 0 Å². The summed E-state index contributed by atoms with van der Waals surface area (Å²) in [4.78, 5) is 2.30. The summed E-state index contributed by atoms with van der Waals surface area (Å²) in [5.74, 6) is 0. The van der Waals surface area contributed by atoms with Gasteiger partial charge in [0, 0.05) is 26.2 Å². The molecule has 0 aromatic carbocycles. The molecule has 2 aliphatic rings. The smallest absolute Gasteiger partial charge is 0.211 e. The number of likely N-dealkylation sites (tertiary alicyclic amines) is 1. The van der Waals surface area contributed by atoms with Crippen LogP contribution in [-0.2, 0) is 10.0 Å². The maximum Gasteiger partial charge on any atom is 0.211 e. The Bertz CT molecular complexity index is 310. The third-order valence-electron chi connectivity index (χ3n) is 3.46. The Balaban J connectivity index is 1.93. The number of hydrogen-bond acceptors (Lipinski definition) is 3. The van der Waals surface area contributed by atoms with Crippen LogP contribution in [0.2, 0.25) is 0 Å². The van der Waals surface area contributed by atoms with E-state index in [1.165, 1.54) is 6.26 Å². The van der Waals surface area contributed by atoms with Gasteiger partial charge in [-0.05, 0) is 25.3 Å². The fraction of sp³-hybridized carbons (Fsp3) is 1.00. The summed E-state index contributed by atoms with van der Waals surface area (Å²) < 4.78 is 24.2. The number of nitrogens with zero attached hydrogens (tertiary/aromatic N) is 2. The summed E-state index contributed by atoms with van der Waals surface area (Å²) in [6, 6.07) is 0. The second-order valence-electron chi connectivity index (χ2n) is 4.83. The molecule has 14 heavy (non-hydrogen) atoms.